The van der Waals surface area contributed by atoms with E-state index in [1.165, 1.54) is 11.3 Å². The third-order valence-electron chi connectivity index (χ3n) is 5.16. The molecule has 4 rings (SSSR count). The average molecular weight is 445 g/mol. The molecule has 0 saturated carbocycles. The van der Waals surface area contributed by atoms with Gasteiger partial charge in [0.15, 0.2) is 0 Å². The summed E-state index contributed by atoms with van der Waals surface area (Å²) in [5, 5.41) is 11.7. The standard InChI is InChI=1S/C25H20N2O4S/c1-16-21(5-3-4-17-10-12-26-22(14-17)31-2)27(24(28)20-11-13-32-23(16)20)15-18-6-8-19(9-7-18)25(29)30/h6-14H,4,15H2,1-2H3,(H,29,30). The molecule has 6 nitrogen and oxygen atoms in total. The van der Waals surface area contributed by atoms with E-state index < -0.39 is 5.97 Å². The maximum Gasteiger partial charge on any atom is 0.335 e. The molecule has 0 atom stereocenters. The van der Waals surface area contributed by atoms with Crippen LogP contribution in [0.2, 0.25) is 0 Å². The van der Waals surface area contributed by atoms with Gasteiger partial charge in [-0.3, -0.25) is 9.36 Å². The molecule has 0 spiro atoms. The zero-order valence-corrected chi connectivity index (χ0v) is 18.4. The molecule has 0 radical (unpaired) electrons. The molecule has 4 aromatic rings. The predicted molar refractivity (Wildman–Crippen MR) is 125 cm³/mol. The minimum absolute atomic E-state index is 0.107. The monoisotopic (exact) mass is 444 g/mol. The van der Waals surface area contributed by atoms with E-state index >= 15 is 0 Å². The number of rotatable bonds is 5. The number of carboxylic acids is 1. The van der Waals surface area contributed by atoms with Crippen LogP contribution in [0, 0.1) is 18.8 Å². The number of aryl methyl sites for hydroxylation is 1. The van der Waals surface area contributed by atoms with Crippen molar-refractivity contribution in [2.24, 2.45) is 0 Å². The van der Waals surface area contributed by atoms with Crippen molar-refractivity contribution in [3.8, 4) is 17.7 Å². The Bertz CT molecular complexity index is 1420. The Morgan fingerprint density at radius 1 is 1.19 bits per heavy atom. The third-order valence-corrected chi connectivity index (χ3v) is 6.19. The van der Waals surface area contributed by atoms with Gasteiger partial charge in [-0.1, -0.05) is 18.1 Å². The largest absolute Gasteiger partial charge is 0.481 e. The number of thiophene rings is 1. The number of fused-ring (bicyclic) bond motifs is 1. The second-order valence-electron chi connectivity index (χ2n) is 7.22. The van der Waals surface area contributed by atoms with Crippen LogP contribution in [0.5, 0.6) is 5.88 Å². The van der Waals surface area contributed by atoms with Gasteiger partial charge in [-0.2, -0.15) is 0 Å². The van der Waals surface area contributed by atoms with Crippen LogP contribution in [-0.4, -0.2) is 27.7 Å². The van der Waals surface area contributed by atoms with E-state index in [9.17, 15) is 9.59 Å². The minimum Gasteiger partial charge on any atom is -0.481 e. The highest BCUT2D eigenvalue weighted by molar-refractivity contribution is 7.17. The number of hydrogen-bond acceptors (Lipinski definition) is 5. The summed E-state index contributed by atoms with van der Waals surface area (Å²) < 4.78 is 7.76. The fourth-order valence-electron chi connectivity index (χ4n) is 3.47. The number of carbonyl (C=O) groups is 1. The zero-order valence-electron chi connectivity index (χ0n) is 17.6. The number of ether oxygens (including phenoxy) is 1. The van der Waals surface area contributed by atoms with E-state index in [1.54, 1.807) is 42.1 Å². The lowest BCUT2D eigenvalue weighted by molar-refractivity contribution is 0.0697. The quantitative estimate of drug-likeness (QED) is 0.469. The molecule has 0 aliphatic heterocycles. The van der Waals surface area contributed by atoms with E-state index in [-0.39, 0.29) is 11.1 Å². The normalized spacial score (nSPS) is 10.6. The van der Waals surface area contributed by atoms with Gasteiger partial charge in [-0.25, -0.2) is 9.78 Å². The van der Waals surface area contributed by atoms with Crippen molar-refractivity contribution in [2.75, 3.05) is 7.11 Å². The van der Waals surface area contributed by atoms with Gasteiger partial charge in [0.05, 0.1) is 30.3 Å². The summed E-state index contributed by atoms with van der Waals surface area (Å²) in [7, 11) is 1.57. The summed E-state index contributed by atoms with van der Waals surface area (Å²) in [6.45, 7) is 2.28. The van der Waals surface area contributed by atoms with Crippen LogP contribution in [0.15, 0.2) is 58.8 Å². The van der Waals surface area contributed by atoms with Crippen molar-refractivity contribution in [3.05, 3.63) is 92.3 Å². The van der Waals surface area contributed by atoms with Gasteiger partial charge in [-0.05, 0) is 59.2 Å². The summed E-state index contributed by atoms with van der Waals surface area (Å²) in [5.41, 5.74) is 3.51. The van der Waals surface area contributed by atoms with Crippen molar-refractivity contribution in [3.63, 3.8) is 0 Å². The van der Waals surface area contributed by atoms with Gasteiger partial charge >= 0.3 is 5.97 Å². The first kappa shape index (κ1) is 21.3. The van der Waals surface area contributed by atoms with Crippen molar-refractivity contribution in [2.45, 2.75) is 19.9 Å². The van der Waals surface area contributed by atoms with Crippen LogP contribution >= 0.6 is 11.3 Å². The summed E-state index contributed by atoms with van der Waals surface area (Å²) >= 11 is 1.53. The van der Waals surface area contributed by atoms with E-state index in [0.29, 0.717) is 29.9 Å². The maximum atomic E-state index is 13.2. The number of aromatic carboxylic acids is 1. The van der Waals surface area contributed by atoms with Crippen molar-refractivity contribution in [1.29, 1.82) is 0 Å². The molecule has 1 N–H and O–H groups in total. The lowest BCUT2D eigenvalue weighted by Crippen LogP contribution is -2.24. The first-order valence-electron chi connectivity index (χ1n) is 9.88. The van der Waals surface area contributed by atoms with Crippen LogP contribution in [0.3, 0.4) is 0 Å². The Labute approximate surface area is 188 Å². The molecule has 32 heavy (non-hydrogen) atoms. The Morgan fingerprint density at radius 2 is 1.97 bits per heavy atom. The zero-order chi connectivity index (χ0) is 22.7. The molecule has 0 aliphatic rings. The van der Waals surface area contributed by atoms with Gasteiger partial charge in [0, 0.05) is 23.4 Å². The molecule has 3 aromatic heterocycles. The molecule has 0 fully saturated rings. The van der Waals surface area contributed by atoms with Crippen LogP contribution < -0.4 is 10.3 Å². The fraction of sp³-hybridized carbons (Fsp3) is 0.160. The summed E-state index contributed by atoms with van der Waals surface area (Å²) in [4.78, 5) is 28.5. The highest BCUT2D eigenvalue weighted by Gasteiger charge is 2.14. The van der Waals surface area contributed by atoms with Crippen LogP contribution in [0.1, 0.15) is 32.7 Å². The molecule has 0 bridgehead atoms. The number of nitrogens with zero attached hydrogens (tertiary/aromatic N) is 2. The smallest absolute Gasteiger partial charge is 0.335 e. The highest BCUT2D eigenvalue weighted by atomic mass is 32.1. The summed E-state index contributed by atoms with van der Waals surface area (Å²) in [6, 6.07) is 12.1. The molecular formula is C25H20N2O4S. The van der Waals surface area contributed by atoms with Crippen molar-refractivity contribution >= 4 is 27.4 Å². The van der Waals surface area contributed by atoms with E-state index in [0.717, 1.165) is 21.4 Å². The molecule has 0 aliphatic carbocycles. The second-order valence-corrected chi connectivity index (χ2v) is 8.13. The van der Waals surface area contributed by atoms with Gasteiger partial charge < -0.3 is 9.84 Å². The van der Waals surface area contributed by atoms with Crippen LogP contribution in [0.25, 0.3) is 10.1 Å². The van der Waals surface area contributed by atoms with Gasteiger partial charge in [0.25, 0.3) is 5.56 Å². The number of benzene rings is 1. The Hall–Kier alpha value is -3.89. The first-order valence-corrected chi connectivity index (χ1v) is 10.8. The number of hydrogen-bond donors (Lipinski definition) is 1. The molecular weight excluding hydrogens is 424 g/mol. The van der Waals surface area contributed by atoms with E-state index in [4.69, 9.17) is 9.84 Å². The van der Waals surface area contributed by atoms with Gasteiger partial charge in [0.2, 0.25) is 5.88 Å². The number of carboxylic acid groups (broad SMARTS) is 1. The molecule has 0 amide bonds. The number of methoxy groups -OCH3 is 1. The highest BCUT2D eigenvalue weighted by Crippen LogP contribution is 2.24. The van der Waals surface area contributed by atoms with E-state index in [1.807, 2.05) is 30.5 Å². The molecule has 0 unspecified atom stereocenters. The molecule has 0 saturated heterocycles. The Balaban J connectivity index is 1.75. The third kappa shape index (κ3) is 4.27. The SMILES string of the molecule is COc1cc(CC#Cc2c(C)c3sccc3c(=O)n2Cc2ccc(C(=O)O)cc2)ccn1. The molecule has 160 valence electrons. The Morgan fingerprint density at radius 3 is 2.69 bits per heavy atom. The maximum absolute atomic E-state index is 13.2. The summed E-state index contributed by atoms with van der Waals surface area (Å²) in [5.74, 6) is 5.93. The van der Waals surface area contributed by atoms with Crippen molar-refractivity contribution in [1.82, 2.24) is 9.55 Å². The lowest BCUT2D eigenvalue weighted by Gasteiger charge is -2.13. The van der Waals surface area contributed by atoms with Crippen molar-refractivity contribution < 1.29 is 14.6 Å². The topological polar surface area (TPSA) is 81.4 Å². The van der Waals surface area contributed by atoms with Gasteiger partial charge in [-0.15, -0.1) is 11.3 Å². The number of pyridine rings is 2. The lowest BCUT2D eigenvalue weighted by atomic mass is 10.1. The Kier molecular flexibility index (Phi) is 6.06. The molecule has 7 heteroatoms. The van der Waals surface area contributed by atoms with E-state index in [2.05, 4.69) is 16.8 Å². The van der Waals surface area contributed by atoms with Crippen LogP contribution in [-0.2, 0) is 13.0 Å². The molecule has 3 heterocycles. The second kappa shape index (κ2) is 9.08. The first-order chi connectivity index (χ1) is 15.5. The minimum atomic E-state index is -0.983. The molecule has 1 aromatic carbocycles. The van der Waals surface area contributed by atoms with Gasteiger partial charge in [0.1, 0.15) is 0 Å². The number of aromatic nitrogens is 2. The summed E-state index contributed by atoms with van der Waals surface area (Å²) in [6.07, 6.45) is 2.16. The predicted octanol–water partition coefficient (Wildman–Crippen LogP) is 4.12. The fourth-order valence-corrected chi connectivity index (χ4v) is 4.37. The average Bonchev–Trinajstić information content (AvgIpc) is 3.30. The van der Waals surface area contributed by atoms with Crippen LogP contribution in [0.4, 0.5) is 0 Å².